The van der Waals surface area contributed by atoms with Gasteiger partial charge in [-0.15, -0.1) is 0 Å². The summed E-state index contributed by atoms with van der Waals surface area (Å²) in [6.45, 7) is 6.62. The molecule has 0 rings (SSSR count). The van der Waals surface area contributed by atoms with Gasteiger partial charge in [-0.3, -0.25) is 4.57 Å². The van der Waals surface area contributed by atoms with Crippen molar-refractivity contribution in [2.45, 2.75) is 58.3 Å². The van der Waals surface area contributed by atoms with Gasteiger partial charge < -0.3 is 24.2 Å². The van der Waals surface area contributed by atoms with Crippen LogP contribution in [-0.4, -0.2) is 47.7 Å². The van der Waals surface area contributed by atoms with Crippen LogP contribution in [0.2, 0.25) is 0 Å². The van der Waals surface area contributed by atoms with Gasteiger partial charge in [-0.25, -0.2) is 9.59 Å². The zero-order chi connectivity index (χ0) is 19.2. The van der Waals surface area contributed by atoms with E-state index in [0.29, 0.717) is 0 Å². The van der Waals surface area contributed by atoms with E-state index in [0.717, 1.165) is 0 Å². The normalized spacial score (nSPS) is 14.1. The first-order valence-electron chi connectivity index (χ1n) is 7.27. The van der Waals surface area contributed by atoms with Crippen molar-refractivity contribution < 1.29 is 41.8 Å². The van der Waals surface area contributed by atoms with Gasteiger partial charge in [0, 0.05) is 0 Å². The van der Waals surface area contributed by atoms with E-state index in [1.54, 1.807) is 0 Å². The molecule has 0 aromatic heterocycles. The fraction of sp³-hybridized carbons (Fsp3) is 0.846. The number of rotatable bonds is 9. The molecule has 1 amide bonds. The highest BCUT2D eigenvalue weighted by Gasteiger charge is 2.55. The summed E-state index contributed by atoms with van der Waals surface area (Å²) in [5, 5.41) is 10.8. The lowest BCUT2D eigenvalue weighted by Crippen LogP contribution is -2.46. The number of nitrogens with one attached hydrogen (secondary N) is 1. The molecule has 0 radical (unpaired) electrons. The second-order valence-corrected chi connectivity index (χ2v) is 7.91. The number of carbonyl (C=O) groups is 2. The Bertz CT molecular complexity index is 483. The smallest absolute Gasteiger partial charge is 0.408 e. The number of hydrogen-bond acceptors (Lipinski definition) is 6. The number of amides is 1. The molecule has 0 aliphatic carbocycles. The molecule has 1 atom stereocenters. The molecular weight excluding hydrogens is 351 g/mol. The topological polar surface area (TPSA) is 111 Å². The number of carboxylic acid groups (broad SMARTS) is 1. The van der Waals surface area contributed by atoms with Crippen molar-refractivity contribution in [2.24, 2.45) is 0 Å². The third kappa shape index (κ3) is 7.11. The molecule has 0 aliphatic heterocycles. The van der Waals surface area contributed by atoms with Gasteiger partial charge in [-0.05, 0) is 34.6 Å². The van der Waals surface area contributed by atoms with Gasteiger partial charge in [0.15, 0.2) is 0 Å². The fourth-order valence-corrected chi connectivity index (χ4v) is 3.11. The summed E-state index contributed by atoms with van der Waals surface area (Å²) < 4.78 is 54.6. The first kappa shape index (κ1) is 22.8. The predicted octanol–water partition coefficient (Wildman–Crippen LogP) is 3.21. The number of halogens is 2. The molecule has 2 N–H and O–H groups in total. The predicted molar refractivity (Wildman–Crippen MR) is 81.2 cm³/mol. The lowest BCUT2D eigenvalue weighted by Gasteiger charge is -2.28. The monoisotopic (exact) mass is 375 g/mol. The number of carboxylic acids is 1. The number of ether oxygens (including phenoxy) is 1. The summed E-state index contributed by atoms with van der Waals surface area (Å²) in [6.07, 6.45) is -2.66. The first-order chi connectivity index (χ1) is 10.8. The Morgan fingerprint density at radius 1 is 1.17 bits per heavy atom. The molecular formula is C13H24F2NO7P. The summed E-state index contributed by atoms with van der Waals surface area (Å²) in [5.41, 5.74) is -5.06. The number of alkyl carbamates (subject to hydrolysis) is 1. The maximum atomic E-state index is 14.3. The van der Waals surface area contributed by atoms with E-state index in [9.17, 15) is 22.9 Å². The van der Waals surface area contributed by atoms with E-state index in [-0.39, 0.29) is 13.2 Å². The highest BCUT2D eigenvalue weighted by Crippen LogP contribution is 2.63. The molecule has 0 spiro atoms. The van der Waals surface area contributed by atoms with Crippen molar-refractivity contribution in [1.29, 1.82) is 0 Å². The van der Waals surface area contributed by atoms with Crippen molar-refractivity contribution in [3.05, 3.63) is 0 Å². The molecule has 0 aromatic rings. The van der Waals surface area contributed by atoms with Gasteiger partial charge in [0.05, 0.1) is 19.6 Å². The molecule has 11 heteroatoms. The third-order valence-electron chi connectivity index (χ3n) is 2.44. The average Bonchev–Trinajstić information content (AvgIpc) is 2.35. The van der Waals surface area contributed by atoms with Crippen LogP contribution in [0.1, 0.15) is 41.0 Å². The van der Waals surface area contributed by atoms with Gasteiger partial charge in [0.2, 0.25) is 0 Å². The molecule has 0 saturated heterocycles. The molecule has 0 aliphatic rings. The summed E-state index contributed by atoms with van der Waals surface area (Å²) in [6, 6.07) is -2.04. The van der Waals surface area contributed by atoms with E-state index in [1.165, 1.54) is 34.6 Å². The number of aliphatic carboxylic acids is 1. The van der Waals surface area contributed by atoms with Crippen LogP contribution in [0.25, 0.3) is 0 Å². The molecule has 0 aromatic carbocycles. The van der Waals surface area contributed by atoms with E-state index >= 15 is 0 Å². The second kappa shape index (κ2) is 8.73. The molecule has 0 saturated carbocycles. The lowest BCUT2D eigenvalue weighted by atomic mass is 10.2. The zero-order valence-corrected chi connectivity index (χ0v) is 15.2. The van der Waals surface area contributed by atoms with E-state index in [2.05, 4.69) is 9.05 Å². The van der Waals surface area contributed by atoms with E-state index in [4.69, 9.17) is 9.84 Å². The van der Waals surface area contributed by atoms with Gasteiger partial charge in [-0.2, -0.15) is 8.78 Å². The average molecular weight is 375 g/mol. The van der Waals surface area contributed by atoms with Crippen molar-refractivity contribution in [3.8, 4) is 0 Å². The van der Waals surface area contributed by atoms with Crippen LogP contribution in [0.15, 0.2) is 0 Å². The van der Waals surface area contributed by atoms with Crippen LogP contribution in [0, 0.1) is 0 Å². The van der Waals surface area contributed by atoms with Gasteiger partial charge >= 0.3 is 25.3 Å². The summed E-state index contributed by atoms with van der Waals surface area (Å²) in [4.78, 5) is 22.7. The summed E-state index contributed by atoms with van der Waals surface area (Å²) in [7, 11) is -4.89. The lowest BCUT2D eigenvalue weighted by molar-refractivity contribution is -0.141. The Hall–Kier alpha value is -1.25. The molecule has 142 valence electrons. The molecule has 8 nitrogen and oxygen atoms in total. The fourth-order valence-electron chi connectivity index (χ4n) is 1.57. The van der Waals surface area contributed by atoms with Crippen LogP contribution in [0.5, 0.6) is 0 Å². The Morgan fingerprint density at radius 3 is 1.96 bits per heavy atom. The quantitative estimate of drug-likeness (QED) is 0.595. The number of hydrogen-bond donors (Lipinski definition) is 2. The standard InChI is InChI=1S/C13H24F2NO7P/c1-6-21-24(20,22-7-2)13(14,15)8-9(10(17)18)16-11(19)23-12(3,4)5/h9H,6-8H2,1-5H3,(H,16,19)(H,17,18)/t9-/m0/s1. The Kier molecular flexibility index (Phi) is 8.28. The summed E-state index contributed by atoms with van der Waals surface area (Å²) >= 11 is 0. The minimum absolute atomic E-state index is 0.315. The van der Waals surface area contributed by atoms with Gasteiger partial charge in [0.1, 0.15) is 11.6 Å². The Morgan fingerprint density at radius 2 is 1.62 bits per heavy atom. The van der Waals surface area contributed by atoms with Crippen molar-refractivity contribution >= 4 is 19.7 Å². The number of alkyl halides is 2. The third-order valence-corrected chi connectivity index (χ3v) is 4.62. The molecule has 0 heterocycles. The van der Waals surface area contributed by atoms with Crippen molar-refractivity contribution in [1.82, 2.24) is 5.32 Å². The molecule has 24 heavy (non-hydrogen) atoms. The van der Waals surface area contributed by atoms with E-state index < -0.39 is 43.4 Å². The SMILES string of the molecule is CCOP(=O)(OCC)C(F)(F)C[C@H](NC(=O)OC(C)(C)C)C(=O)O. The van der Waals surface area contributed by atoms with E-state index in [1.807, 2.05) is 5.32 Å². The molecule has 0 unspecified atom stereocenters. The van der Waals surface area contributed by atoms with Crippen LogP contribution in [0.4, 0.5) is 13.6 Å². The van der Waals surface area contributed by atoms with Crippen LogP contribution >= 0.6 is 7.60 Å². The first-order valence-corrected chi connectivity index (χ1v) is 8.81. The highest BCUT2D eigenvalue weighted by molar-refractivity contribution is 7.55. The Labute approximate surface area is 139 Å². The minimum Gasteiger partial charge on any atom is -0.480 e. The van der Waals surface area contributed by atoms with Gasteiger partial charge in [-0.1, -0.05) is 0 Å². The minimum atomic E-state index is -4.89. The number of carbonyl (C=O) groups excluding carboxylic acids is 1. The van der Waals surface area contributed by atoms with Crippen LogP contribution in [-0.2, 0) is 23.1 Å². The summed E-state index contributed by atoms with van der Waals surface area (Å²) in [5.74, 6) is -1.74. The van der Waals surface area contributed by atoms with Crippen LogP contribution in [0.3, 0.4) is 0 Å². The van der Waals surface area contributed by atoms with Crippen LogP contribution < -0.4 is 5.32 Å². The largest absolute Gasteiger partial charge is 0.480 e. The van der Waals surface area contributed by atoms with Crippen molar-refractivity contribution in [2.75, 3.05) is 13.2 Å². The van der Waals surface area contributed by atoms with Gasteiger partial charge in [0.25, 0.3) is 0 Å². The van der Waals surface area contributed by atoms with Crippen molar-refractivity contribution in [3.63, 3.8) is 0 Å². The zero-order valence-electron chi connectivity index (χ0n) is 14.3. The Balaban J connectivity index is 5.25. The molecule has 0 fully saturated rings. The molecule has 0 bridgehead atoms. The maximum Gasteiger partial charge on any atom is 0.408 e. The second-order valence-electron chi connectivity index (χ2n) is 5.74. The maximum absolute atomic E-state index is 14.3. The highest BCUT2D eigenvalue weighted by atomic mass is 31.2.